The zero-order chi connectivity index (χ0) is 31.9. The number of rotatable bonds is 2. The lowest BCUT2D eigenvalue weighted by atomic mass is 9.84. The highest BCUT2D eigenvalue weighted by Gasteiger charge is 2.29. The molecule has 1 aliphatic rings. The summed E-state index contributed by atoms with van der Waals surface area (Å²) in [6, 6.07) is 44.8. The second-order valence-electron chi connectivity index (χ2n) is 10.9. The van der Waals surface area contributed by atoms with Crippen LogP contribution >= 0.6 is 63.7 Å². The summed E-state index contributed by atoms with van der Waals surface area (Å²) in [5, 5.41) is 5.04. The van der Waals surface area contributed by atoms with Gasteiger partial charge in [0, 0.05) is 40.1 Å². The Hall–Kier alpha value is -3.68. The highest BCUT2D eigenvalue weighted by atomic mass is 79.9. The van der Waals surface area contributed by atoms with Crippen LogP contribution in [0.5, 0.6) is 0 Å². The predicted molar refractivity (Wildman–Crippen MR) is 203 cm³/mol. The summed E-state index contributed by atoms with van der Waals surface area (Å²) in [5.74, 6) is -0.207. The first-order valence-corrected chi connectivity index (χ1v) is 17.6. The Labute approximate surface area is 300 Å². The van der Waals surface area contributed by atoms with Crippen molar-refractivity contribution in [3.63, 3.8) is 0 Å². The molecule has 8 rings (SSSR count). The monoisotopic (exact) mass is 850 g/mol. The standard InChI is InChI=1S/C26H16Br2.C14H6Br2O2/c27-19-12-14-22-23(15-19)25(17-7-3-1-4-8-17)21-13-11-20(28)16-24(21)26(22)18-9-5-2-6-10-18;15-7-1-3-9-11(5-7)14(18)10-4-2-8(16)6-12(10)13(9)17/h1-16H;1-6H. The molecule has 7 aromatic rings. The first-order chi connectivity index (χ1) is 22.3. The number of hydrogen-bond acceptors (Lipinski definition) is 2. The van der Waals surface area contributed by atoms with Crippen LogP contribution in [0.3, 0.4) is 0 Å². The summed E-state index contributed by atoms with van der Waals surface area (Å²) >= 11 is 14.0. The van der Waals surface area contributed by atoms with Crippen molar-refractivity contribution >= 4 is 96.8 Å². The van der Waals surface area contributed by atoms with Gasteiger partial charge in [-0.25, -0.2) is 0 Å². The molecule has 0 fully saturated rings. The van der Waals surface area contributed by atoms with Gasteiger partial charge in [0.05, 0.1) is 0 Å². The summed E-state index contributed by atoms with van der Waals surface area (Å²) in [4.78, 5) is 24.7. The molecular formula is C40H22Br4O2. The fourth-order valence-corrected chi connectivity index (χ4v) is 7.54. The van der Waals surface area contributed by atoms with Crippen LogP contribution in [0.15, 0.2) is 151 Å². The zero-order valence-corrected chi connectivity index (χ0v) is 30.4. The average Bonchev–Trinajstić information content (AvgIpc) is 3.07. The predicted octanol–water partition coefficient (Wildman–Crippen LogP) is 12.8. The van der Waals surface area contributed by atoms with E-state index in [-0.39, 0.29) is 11.6 Å². The van der Waals surface area contributed by atoms with E-state index in [9.17, 15) is 9.59 Å². The van der Waals surface area contributed by atoms with Crippen LogP contribution in [-0.4, -0.2) is 11.6 Å². The van der Waals surface area contributed by atoms with Gasteiger partial charge in [-0.1, -0.05) is 137 Å². The van der Waals surface area contributed by atoms with E-state index in [1.807, 2.05) is 0 Å². The van der Waals surface area contributed by atoms with Crippen molar-refractivity contribution in [2.75, 3.05) is 0 Å². The maximum Gasteiger partial charge on any atom is 0.194 e. The molecule has 0 heterocycles. The minimum atomic E-state index is -0.103. The maximum absolute atomic E-state index is 12.3. The Morgan fingerprint density at radius 3 is 1.07 bits per heavy atom. The van der Waals surface area contributed by atoms with Crippen LogP contribution in [0.1, 0.15) is 31.8 Å². The summed E-state index contributed by atoms with van der Waals surface area (Å²) in [5.41, 5.74) is 6.88. The molecule has 222 valence electrons. The third-order valence-electron chi connectivity index (χ3n) is 8.11. The number of ketones is 2. The molecule has 0 amide bonds. The van der Waals surface area contributed by atoms with Gasteiger partial charge >= 0.3 is 0 Å². The van der Waals surface area contributed by atoms with E-state index in [1.165, 1.54) is 43.8 Å². The topological polar surface area (TPSA) is 34.1 Å². The number of hydrogen-bond donors (Lipinski definition) is 0. The van der Waals surface area contributed by atoms with Crippen LogP contribution in [0.25, 0.3) is 43.8 Å². The number of carbonyl (C=O) groups excluding carboxylic acids is 2. The van der Waals surface area contributed by atoms with Gasteiger partial charge in [0.25, 0.3) is 0 Å². The second-order valence-corrected chi connectivity index (χ2v) is 14.6. The van der Waals surface area contributed by atoms with Gasteiger partial charge in [-0.3, -0.25) is 9.59 Å². The normalized spacial score (nSPS) is 12.0. The van der Waals surface area contributed by atoms with Gasteiger partial charge in [-0.15, -0.1) is 0 Å². The summed E-state index contributed by atoms with van der Waals surface area (Å²) in [6.45, 7) is 0. The average molecular weight is 854 g/mol. The molecule has 0 spiro atoms. The molecule has 0 aliphatic heterocycles. The molecule has 0 saturated carbocycles. The van der Waals surface area contributed by atoms with Crippen molar-refractivity contribution in [1.82, 2.24) is 0 Å². The van der Waals surface area contributed by atoms with E-state index in [1.54, 1.807) is 36.4 Å². The SMILES string of the molecule is Brc1ccc2c(-c3ccccc3)c3cc(Br)ccc3c(-c3ccccc3)c2c1.O=C1c2ccc(Br)cc2C(=O)c2ccc(Br)cc21. The van der Waals surface area contributed by atoms with E-state index in [2.05, 4.69) is 161 Å². The number of fused-ring (bicyclic) bond motifs is 4. The van der Waals surface area contributed by atoms with Crippen LogP contribution in [0.4, 0.5) is 0 Å². The highest BCUT2D eigenvalue weighted by molar-refractivity contribution is 9.11. The fraction of sp³-hybridized carbons (Fsp3) is 0. The van der Waals surface area contributed by atoms with Gasteiger partial charge in [0.1, 0.15) is 0 Å². The molecule has 0 bridgehead atoms. The second kappa shape index (κ2) is 12.8. The largest absolute Gasteiger partial charge is 0.289 e. The number of carbonyl (C=O) groups is 2. The highest BCUT2D eigenvalue weighted by Crippen LogP contribution is 2.45. The van der Waals surface area contributed by atoms with E-state index >= 15 is 0 Å². The molecule has 0 radical (unpaired) electrons. The van der Waals surface area contributed by atoms with Crippen LogP contribution in [0.2, 0.25) is 0 Å². The third-order valence-corrected chi connectivity index (χ3v) is 10.1. The van der Waals surface area contributed by atoms with Crippen molar-refractivity contribution in [3.05, 3.63) is 174 Å². The summed E-state index contributed by atoms with van der Waals surface area (Å²) in [7, 11) is 0. The molecule has 46 heavy (non-hydrogen) atoms. The number of benzene rings is 7. The molecule has 2 nitrogen and oxygen atoms in total. The molecule has 0 aromatic heterocycles. The van der Waals surface area contributed by atoms with Crippen molar-refractivity contribution in [2.24, 2.45) is 0 Å². The Balaban J connectivity index is 0.000000162. The van der Waals surface area contributed by atoms with Crippen LogP contribution < -0.4 is 0 Å². The lowest BCUT2D eigenvalue weighted by molar-refractivity contribution is 0.0979. The first kappa shape index (κ1) is 30.9. The van der Waals surface area contributed by atoms with Gasteiger partial charge < -0.3 is 0 Å². The van der Waals surface area contributed by atoms with Crippen molar-refractivity contribution < 1.29 is 9.59 Å². The Morgan fingerprint density at radius 2 is 0.674 bits per heavy atom. The van der Waals surface area contributed by atoms with Gasteiger partial charge in [0.15, 0.2) is 11.6 Å². The van der Waals surface area contributed by atoms with E-state index < -0.39 is 0 Å². The lowest BCUT2D eigenvalue weighted by Gasteiger charge is -2.18. The minimum Gasteiger partial charge on any atom is -0.289 e. The third kappa shape index (κ3) is 5.73. The Kier molecular flexibility index (Phi) is 8.64. The molecule has 0 saturated heterocycles. The molecule has 7 aromatic carbocycles. The van der Waals surface area contributed by atoms with E-state index in [4.69, 9.17) is 0 Å². The molecule has 0 N–H and O–H groups in total. The molecule has 1 aliphatic carbocycles. The Bertz CT molecular complexity index is 2160. The summed E-state index contributed by atoms with van der Waals surface area (Å²) < 4.78 is 3.77. The van der Waals surface area contributed by atoms with Crippen LogP contribution in [-0.2, 0) is 0 Å². The van der Waals surface area contributed by atoms with Crippen molar-refractivity contribution in [3.8, 4) is 22.3 Å². The maximum atomic E-state index is 12.3. The van der Waals surface area contributed by atoms with E-state index in [0.717, 1.165) is 17.9 Å². The minimum absolute atomic E-state index is 0.103. The zero-order valence-electron chi connectivity index (χ0n) is 24.0. The van der Waals surface area contributed by atoms with Gasteiger partial charge in [-0.2, -0.15) is 0 Å². The fourth-order valence-electron chi connectivity index (χ4n) is 6.10. The van der Waals surface area contributed by atoms with E-state index in [0.29, 0.717) is 22.3 Å². The molecule has 0 unspecified atom stereocenters. The van der Waals surface area contributed by atoms with Crippen molar-refractivity contribution in [2.45, 2.75) is 0 Å². The summed E-state index contributed by atoms with van der Waals surface area (Å²) in [6.07, 6.45) is 0. The lowest BCUT2D eigenvalue weighted by Crippen LogP contribution is -2.20. The van der Waals surface area contributed by atoms with Crippen molar-refractivity contribution in [1.29, 1.82) is 0 Å². The smallest absolute Gasteiger partial charge is 0.194 e. The van der Waals surface area contributed by atoms with Gasteiger partial charge in [-0.05, 0) is 104 Å². The molecule has 0 atom stereocenters. The first-order valence-electron chi connectivity index (χ1n) is 14.4. The quantitative estimate of drug-likeness (QED) is 0.162. The molecular weight excluding hydrogens is 832 g/mol. The number of halogens is 4. The van der Waals surface area contributed by atoms with Gasteiger partial charge in [0.2, 0.25) is 0 Å². The van der Waals surface area contributed by atoms with Crippen LogP contribution in [0, 0.1) is 0 Å². The Morgan fingerprint density at radius 1 is 0.326 bits per heavy atom. The molecule has 6 heteroatoms.